The first-order valence-electron chi connectivity index (χ1n) is 6.29. The molecule has 0 aromatic carbocycles. The van der Waals surface area contributed by atoms with Crippen molar-refractivity contribution in [2.75, 3.05) is 11.9 Å². The standard InChI is InChI=1S/C14H17N3O2/c1-2-6-16-13-5-7-15-10-12(13)14(18)17-9-11-4-3-8-19-11/h3-5,7-8,10H,2,6,9H2,1H3,(H,15,16)(H,17,18). The molecular formula is C14H17N3O2. The minimum atomic E-state index is -0.164. The third-order valence-corrected chi connectivity index (χ3v) is 2.63. The minimum absolute atomic E-state index is 0.164. The van der Waals surface area contributed by atoms with Gasteiger partial charge in [0, 0.05) is 18.9 Å². The lowest BCUT2D eigenvalue weighted by Gasteiger charge is -2.10. The first kappa shape index (κ1) is 13.1. The molecule has 2 N–H and O–H groups in total. The summed E-state index contributed by atoms with van der Waals surface area (Å²) in [6.07, 6.45) is 5.81. The van der Waals surface area contributed by atoms with Crippen LogP contribution < -0.4 is 10.6 Å². The van der Waals surface area contributed by atoms with Crippen LogP contribution in [0.25, 0.3) is 0 Å². The molecule has 2 heterocycles. The van der Waals surface area contributed by atoms with Gasteiger partial charge in [-0.25, -0.2) is 0 Å². The van der Waals surface area contributed by atoms with Gasteiger partial charge >= 0.3 is 0 Å². The number of furan rings is 1. The number of pyridine rings is 1. The smallest absolute Gasteiger partial charge is 0.255 e. The van der Waals surface area contributed by atoms with Crippen LogP contribution in [0, 0.1) is 0 Å². The number of anilines is 1. The first-order chi connectivity index (χ1) is 9.31. The number of nitrogens with zero attached hydrogens (tertiary/aromatic N) is 1. The highest BCUT2D eigenvalue weighted by atomic mass is 16.3. The van der Waals surface area contributed by atoms with Crippen molar-refractivity contribution in [2.45, 2.75) is 19.9 Å². The lowest BCUT2D eigenvalue weighted by Crippen LogP contribution is -2.24. The summed E-state index contributed by atoms with van der Waals surface area (Å²) in [5.74, 6) is 0.559. The van der Waals surface area contributed by atoms with Gasteiger partial charge in [-0.3, -0.25) is 9.78 Å². The maximum Gasteiger partial charge on any atom is 0.255 e. The maximum absolute atomic E-state index is 12.1. The molecule has 0 saturated carbocycles. The molecule has 100 valence electrons. The Morgan fingerprint density at radius 3 is 3.05 bits per heavy atom. The number of carbonyl (C=O) groups is 1. The van der Waals surface area contributed by atoms with Gasteiger partial charge in [-0.2, -0.15) is 0 Å². The highest BCUT2D eigenvalue weighted by Gasteiger charge is 2.11. The fourth-order valence-corrected chi connectivity index (χ4v) is 1.67. The van der Waals surface area contributed by atoms with E-state index >= 15 is 0 Å². The van der Waals surface area contributed by atoms with Crippen molar-refractivity contribution in [3.63, 3.8) is 0 Å². The third-order valence-electron chi connectivity index (χ3n) is 2.63. The van der Waals surface area contributed by atoms with Crippen molar-refractivity contribution in [1.29, 1.82) is 0 Å². The van der Waals surface area contributed by atoms with Gasteiger partial charge in [0.15, 0.2) is 0 Å². The molecule has 1 amide bonds. The summed E-state index contributed by atoms with van der Waals surface area (Å²) in [5, 5.41) is 6.02. The zero-order valence-corrected chi connectivity index (χ0v) is 10.8. The van der Waals surface area contributed by atoms with E-state index in [4.69, 9.17) is 4.42 Å². The number of hydrogen-bond donors (Lipinski definition) is 2. The molecular weight excluding hydrogens is 242 g/mol. The lowest BCUT2D eigenvalue weighted by molar-refractivity contribution is 0.0948. The van der Waals surface area contributed by atoms with Gasteiger partial charge < -0.3 is 15.1 Å². The fraction of sp³-hybridized carbons (Fsp3) is 0.286. The van der Waals surface area contributed by atoms with Crippen LogP contribution in [0.3, 0.4) is 0 Å². The van der Waals surface area contributed by atoms with Crippen LogP contribution in [0.4, 0.5) is 5.69 Å². The van der Waals surface area contributed by atoms with Crippen molar-refractivity contribution in [1.82, 2.24) is 10.3 Å². The number of aromatic nitrogens is 1. The zero-order valence-electron chi connectivity index (χ0n) is 10.8. The van der Waals surface area contributed by atoms with E-state index < -0.39 is 0 Å². The van der Waals surface area contributed by atoms with E-state index in [1.165, 1.54) is 0 Å². The second-order valence-corrected chi connectivity index (χ2v) is 4.11. The van der Waals surface area contributed by atoms with E-state index in [1.807, 2.05) is 6.07 Å². The molecule has 0 atom stereocenters. The van der Waals surface area contributed by atoms with Gasteiger partial charge in [0.1, 0.15) is 5.76 Å². The molecule has 0 saturated heterocycles. The molecule has 2 aromatic heterocycles. The largest absolute Gasteiger partial charge is 0.467 e. The SMILES string of the molecule is CCCNc1ccncc1C(=O)NCc1ccco1. The number of carbonyl (C=O) groups excluding carboxylic acids is 1. The van der Waals surface area contributed by atoms with Gasteiger partial charge in [0.2, 0.25) is 0 Å². The van der Waals surface area contributed by atoms with Crippen LogP contribution in [0.2, 0.25) is 0 Å². The molecule has 0 unspecified atom stereocenters. The highest BCUT2D eigenvalue weighted by molar-refractivity contribution is 5.99. The second-order valence-electron chi connectivity index (χ2n) is 4.11. The molecule has 0 radical (unpaired) electrons. The molecule has 0 aliphatic rings. The molecule has 5 heteroatoms. The molecule has 19 heavy (non-hydrogen) atoms. The monoisotopic (exact) mass is 259 g/mol. The van der Waals surface area contributed by atoms with E-state index in [2.05, 4.69) is 22.5 Å². The molecule has 0 aliphatic carbocycles. The fourth-order valence-electron chi connectivity index (χ4n) is 1.67. The van der Waals surface area contributed by atoms with Crippen LogP contribution in [0.1, 0.15) is 29.5 Å². The van der Waals surface area contributed by atoms with E-state index in [0.717, 1.165) is 24.4 Å². The molecule has 0 spiro atoms. The van der Waals surface area contributed by atoms with Crippen LogP contribution in [0.15, 0.2) is 41.3 Å². The average molecular weight is 259 g/mol. The Kier molecular flexibility index (Phi) is 4.55. The maximum atomic E-state index is 12.1. The summed E-state index contributed by atoms with van der Waals surface area (Å²) >= 11 is 0. The Hall–Kier alpha value is -2.30. The highest BCUT2D eigenvalue weighted by Crippen LogP contribution is 2.13. The molecule has 0 fully saturated rings. The predicted molar refractivity (Wildman–Crippen MR) is 72.9 cm³/mol. The van der Waals surface area contributed by atoms with Crippen molar-refractivity contribution in [2.24, 2.45) is 0 Å². The number of rotatable bonds is 6. The Morgan fingerprint density at radius 1 is 1.42 bits per heavy atom. The molecule has 0 bridgehead atoms. The van der Waals surface area contributed by atoms with Crippen molar-refractivity contribution in [3.05, 3.63) is 48.2 Å². The molecule has 5 nitrogen and oxygen atoms in total. The molecule has 2 aromatic rings. The van der Waals surface area contributed by atoms with Crippen molar-refractivity contribution < 1.29 is 9.21 Å². The summed E-state index contributed by atoms with van der Waals surface area (Å²) < 4.78 is 5.17. The summed E-state index contributed by atoms with van der Waals surface area (Å²) in [6, 6.07) is 5.41. The van der Waals surface area contributed by atoms with Crippen LogP contribution >= 0.6 is 0 Å². The van der Waals surface area contributed by atoms with Gasteiger partial charge in [-0.1, -0.05) is 6.92 Å². The Balaban J connectivity index is 2.01. The third kappa shape index (κ3) is 3.58. The number of amides is 1. The van der Waals surface area contributed by atoms with E-state index in [9.17, 15) is 4.79 Å². The van der Waals surface area contributed by atoms with E-state index in [-0.39, 0.29) is 5.91 Å². The lowest BCUT2D eigenvalue weighted by atomic mass is 10.2. The molecule has 2 rings (SSSR count). The summed E-state index contributed by atoms with van der Waals surface area (Å²) in [6.45, 7) is 3.27. The number of nitrogens with one attached hydrogen (secondary N) is 2. The van der Waals surface area contributed by atoms with Crippen LogP contribution in [-0.2, 0) is 6.54 Å². The Bertz CT molecular complexity index is 523. The van der Waals surface area contributed by atoms with Gasteiger partial charge in [-0.05, 0) is 24.6 Å². The molecule has 0 aliphatic heterocycles. The summed E-state index contributed by atoms with van der Waals surface area (Å²) in [5.41, 5.74) is 1.34. The van der Waals surface area contributed by atoms with Gasteiger partial charge in [-0.15, -0.1) is 0 Å². The first-order valence-corrected chi connectivity index (χ1v) is 6.29. The quantitative estimate of drug-likeness (QED) is 0.836. The van der Waals surface area contributed by atoms with Crippen LogP contribution in [0.5, 0.6) is 0 Å². The summed E-state index contributed by atoms with van der Waals surface area (Å²) in [4.78, 5) is 16.1. The van der Waals surface area contributed by atoms with E-state index in [1.54, 1.807) is 30.8 Å². The van der Waals surface area contributed by atoms with Gasteiger partial charge in [0.05, 0.1) is 24.1 Å². The minimum Gasteiger partial charge on any atom is -0.467 e. The van der Waals surface area contributed by atoms with E-state index in [0.29, 0.717) is 12.1 Å². The van der Waals surface area contributed by atoms with Crippen molar-refractivity contribution >= 4 is 11.6 Å². The average Bonchev–Trinajstić information content (AvgIpc) is 2.96. The predicted octanol–water partition coefficient (Wildman–Crippen LogP) is 2.43. The zero-order chi connectivity index (χ0) is 13.5. The van der Waals surface area contributed by atoms with Crippen molar-refractivity contribution in [3.8, 4) is 0 Å². The Morgan fingerprint density at radius 2 is 2.32 bits per heavy atom. The second kappa shape index (κ2) is 6.58. The van der Waals surface area contributed by atoms with Gasteiger partial charge in [0.25, 0.3) is 5.91 Å². The van der Waals surface area contributed by atoms with Crippen LogP contribution in [-0.4, -0.2) is 17.4 Å². The topological polar surface area (TPSA) is 67.2 Å². The normalized spacial score (nSPS) is 10.2. The summed E-state index contributed by atoms with van der Waals surface area (Å²) in [7, 11) is 0. The Labute approximate surface area is 112 Å². The number of hydrogen-bond acceptors (Lipinski definition) is 4.